The number of ether oxygens (including phenoxy) is 1. The van der Waals surface area contributed by atoms with E-state index in [4.69, 9.17) is 9.72 Å². The molecule has 1 aliphatic carbocycles. The fourth-order valence-electron chi connectivity index (χ4n) is 4.90. The number of anilines is 2. The predicted molar refractivity (Wildman–Crippen MR) is 119 cm³/mol. The van der Waals surface area contributed by atoms with E-state index in [9.17, 15) is 13.2 Å². The topological polar surface area (TPSA) is 105 Å². The van der Waals surface area contributed by atoms with Gasteiger partial charge in [0.1, 0.15) is 0 Å². The van der Waals surface area contributed by atoms with E-state index in [-0.39, 0.29) is 23.4 Å². The molecule has 2 aliphatic heterocycles. The zero-order valence-corrected chi connectivity index (χ0v) is 19.8. The molecule has 0 unspecified atom stereocenters. The molecule has 3 aliphatic rings. The highest BCUT2D eigenvalue weighted by Gasteiger charge is 2.46. The summed E-state index contributed by atoms with van der Waals surface area (Å²) in [7, 11) is -3.23. The number of carbonyl (C=O) groups excluding carboxylic acids is 1. The predicted octanol–water partition coefficient (Wildman–Crippen LogP) is 2.40. The van der Waals surface area contributed by atoms with E-state index in [1.54, 1.807) is 20.0 Å². The number of hydrogen-bond donors (Lipinski definition) is 1. The zero-order valence-electron chi connectivity index (χ0n) is 19.0. The van der Waals surface area contributed by atoms with E-state index in [0.717, 1.165) is 25.7 Å². The normalized spacial score (nSPS) is 26.4. The van der Waals surface area contributed by atoms with Crippen molar-refractivity contribution in [1.82, 2.24) is 14.3 Å². The molecule has 1 aromatic heterocycles. The van der Waals surface area contributed by atoms with Crippen LogP contribution in [0.3, 0.4) is 0 Å². The van der Waals surface area contributed by atoms with Gasteiger partial charge in [0.25, 0.3) is 5.91 Å². The molecule has 1 amide bonds. The molecule has 0 aromatic carbocycles. The summed E-state index contributed by atoms with van der Waals surface area (Å²) in [5, 5.41) is 3.40. The van der Waals surface area contributed by atoms with Gasteiger partial charge in [-0.15, -0.1) is 0 Å². The molecular weight excluding hydrogens is 418 g/mol. The molecule has 31 heavy (non-hydrogen) atoms. The first kappa shape index (κ1) is 22.3. The molecule has 2 fully saturated rings. The lowest BCUT2D eigenvalue weighted by Gasteiger charge is -2.44. The number of aromatic nitrogens is 2. The Bertz CT molecular complexity index is 972. The van der Waals surface area contributed by atoms with Crippen molar-refractivity contribution in [3.05, 3.63) is 6.20 Å². The van der Waals surface area contributed by atoms with Crippen LogP contribution in [0.15, 0.2) is 6.20 Å². The van der Waals surface area contributed by atoms with Gasteiger partial charge in [0.2, 0.25) is 16.0 Å². The lowest BCUT2D eigenvalue weighted by atomic mass is 9.80. The van der Waals surface area contributed by atoms with Gasteiger partial charge in [0, 0.05) is 25.2 Å². The number of amides is 1. The van der Waals surface area contributed by atoms with Gasteiger partial charge in [0.05, 0.1) is 12.5 Å². The molecule has 0 bridgehead atoms. The Morgan fingerprint density at radius 3 is 2.45 bits per heavy atom. The van der Waals surface area contributed by atoms with Gasteiger partial charge in [-0.2, -0.15) is 4.98 Å². The fraction of sp³-hybridized carbons (Fsp3) is 0.762. The van der Waals surface area contributed by atoms with Crippen LogP contribution in [0, 0.1) is 5.41 Å². The summed E-state index contributed by atoms with van der Waals surface area (Å²) in [5.41, 5.74) is -1.26. The number of carbonyl (C=O) groups is 1. The Labute approximate surface area is 184 Å². The van der Waals surface area contributed by atoms with Crippen molar-refractivity contribution in [2.75, 3.05) is 29.6 Å². The van der Waals surface area contributed by atoms with Gasteiger partial charge in [0.15, 0.2) is 17.2 Å². The lowest BCUT2D eigenvalue weighted by molar-refractivity contribution is -0.133. The van der Waals surface area contributed by atoms with Crippen LogP contribution < -0.4 is 15.0 Å². The van der Waals surface area contributed by atoms with Gasteiger partial charge in [-0.1, -0.05) is 26.7 Å². The molecule has 172 valence electrons. The molecular formula is C21H33N5O4S. The minimum atomic E-state index is -3.23. The van der Waals surface area contributed by atoms with Crippen molar-refractivity contribution in [3.63, 3.8) is 0 Å². The van der Waals surface area contributed by atoms with Crippen LogP contribution in [0.5, 0.6) is 5.75 Å². The zero-order chi connectivity index (χ0) is 22.6. The largest absolute Gasteiger partial charge is 0.472 e. The molecule has 1 atom stereocenters. The number of nitrogens with one attached hydrogen (secondary N) is 1. The van der Waals surface area contributed by atoms with Crippen molar-refractivity contribution in [2.45, 2.75) is 77.5 Å². The van der Waals surface area contributed by atoms with E-state index >= 15 is 0 Å². The molecule has 10 heteroatoms. The quantitative estimate of drug-likeness (QED) is 0.749. The number of sulfonamides is 1. The van der Waals surface area contributed by atoms with Crippen LogP contribution in [-0.2, 0) is 14.8 Å². The first-order valence-electron chi connectivity index (χ1n) is 11.0. The molecule has 0 spiro atoms. The number of rotatable bonds is 4. The smallest absolute Gasteiger partial charge is 0.272 e. The SMILES string of the molecule is CC1(C)Oc2cnc(N[C@H]3CCN(S(C)(=O)=O)CC3(C)C)nc2N(C2CCCC2)C1=O. The maximum atomic E-state index is 13.2. The number of fused-ring (bicyclic) bond motifs is 1. The molecule has 1 N–H and O–H groups in total. The molecule has 4 rings (SSSR count). The maximum absolute atomic E-state index is 13.2. The summed E-state index contributed by atoms with van der Waals surface area (Å²) in [4.78, 5) is 24.2. The Hall–Kier alpha value is -1.94. The highest BCUT2D eigenvalue weighted by Crippen LogP contribution is 2.41. The van der Waals surface area contributed by atoms with Crippen molar-refractivity contribution in [3.8, 4) is 5.75 Å². The van der Waals surface area contributed by atoms with Crippen LogP contribution >= 0.6 is 0 Å². The number of nitrogens with zero attached hydrogens (tertiary/aromatic N) is 4. The van der Waals surface area contributed by atoms with E-state index < -0.39 is 15.6 Å². The Kier molecular flexibility index (Phi) is 5.44. The van der Waals surface area contributed by atoms with Gasteiger partial charge >= 0.3 is 0 Å². The van der Waals surface area contributed by atoms with Crippen molar-refractivity contribution < 1.29 is 17.9 Å². The maximum Gasteiger partial charge on any atom is 0.272 e. The lowest BCUT2D eigenvalue weighted by Crippen LogP contribution is -2.56. The third-order valence-corrected chi connectivity index (χ3v) is 7.97. The highest BCUT2D eigenvalue weighted by atomic mass is 32.2. The minimum Gasteiger partial charge on any atom is -0.472 e. The van der Waals surface area contributed by atoms with Crippen LogP contribution in [-0.4, -0.2) is 65.6 Å². The Morgan fingerprint density at radius 2 is 1.84 bits per heavy atom. The summed E-state index contributed by atoms with van der Waals surface area (Å²) in [5.74, 6) is 1.41. The third kappa shape index (κ3) is 4.24. The highest BCUT2D eigenvalue weighted by molar-refractivity contribution is 7.88. The first-order chi connectivity index (χ1) is 14.4. The molecule has 9 nitrogen and oxygen atoms in total. The molecule has 1 saturated heterocycles. The van der Waals surface area contributed by atoms with Gasteiger partial charge < -0.3 is 10.1 Å². The summed E-state index contributed by atoms with van der Waals surface area (Å²) in [6.45, 7) is 8.53. The molecule has 3 heterocycles. The second kappa shape index (κ2) is 7.58. The van der Waals surface area contributed by atoms with Crippen molar-refractivity contribution in [2.24, 2.45) is 5.41 Å². The molecule has 1 aromatic rings. The van der Waals surface area contributed by atoms with Gasteiger partial charge in [-0.05, 0) is 38.5 Å². The third-order valence-electron chi connectivity index (χ3n) is 6.72. The van der Waals surface area contributed by atoms with Crippen molar-refractivity contribution in [1.29, 1.82) is 0 Å². The second-order valence-corrected chi connectivity index (χ2v) is 12.2. The fourth-order valence-corrected chi connectivity index (χ4v) is 5.90. The summed E-state index contributed by atoms with van der Waals surface area (Å²) in [6.07, 6.45) is 7.67. The van der Waals surface area contributed by atoms with E-state index in [0.29, 0.717) is 37.0 Å². The molecule has 1 saturated carbocycles. The van der Waals surface area contributed by atoms with E-state index in [1.807, 2.05) is 18.7 Å². The number of piperidine rings is 1. The summed E-state index contributed by atoms with van der Waals surface area (Å²) in [6, 6.07) is 0.131. The van der Waals surface area contributed by atoms with E-state index in [1.165, 1.54) is 10.6 Å². The number of hydrogen-bond acceptors (Lipinski definition) is 7. The Balaban J connectivity index is 1.60. The standard InChI is InChI=1S/C21H33N5O4S/c1-20(2)13-25(31(5,28)29)11-10-16(20)23-19-22-12-15-17(24-19)26(14-8-6-7-9-14)18(27)21(3,4)30-15/h12,14,16H,6-11,13H2,1-5H3,(H,22,23,24)/t16-/m0/s1. The summed E-state index contributed by atoms with van der Waals surface area (Å²) >= 11 is 0. The monoisotopic (exact) mass is 451 g/mol. The van der Waals surface area contributed by atoms with Gasteiger partial charge in [-0.25, -0.2) is 17.7 Å². The van der Waals surface area contributed by atoms with Crippen LogP contribution in [0.4, 0.5) is 11.8 Å². The van der Waals surface area contributed by atoms with Crippen LogP contribution in [0.2, 0.25) is 0 Å². The first-order valence-corrected chi connectivity index (χ1v) is 12.8. The van der Waals surface area contributed by atoms with Gasteiger partial charge in [-0.3, -0.25) is 9.69 Å². The summed E-state index contributed by atoms with van der Waals surface area (Å²) < 4.78 is 31.4. The van der Waals surface area contributed by atoms with Crippen LogP contribution in [0.25, 0.3) is 0 Å². The minimum absolute atomic E-state index is 0.000122. The average molecular weight is 452 g/mol. The average Bonchev–Trinajstić information content (AvgIpc) is 3.17. The second-order valence-electron chi connectivity index (χ2n) is 10.2. The Morgan fingerprint density at radius 1 is 1.16 bits per heavy atom. The van der Waals surface area contributed by atoms with Crippen molar-refractivity contribution >= 4 is 27.7 Å². The van der Waals surface area contributed by atoms with Crippen LogP contribution in [0.1, 0.15) is 59.8 Å². The molecule has 0 radical (unpaired) electrons. The van der Waals surface area contributed by atoms with E-state index in [2.05, 4.69) is 10.3 Å².